The van der Waals surface area contributed by atoms with Gasteiger partial charge in [0.25, 0.3) is 0 Å². The van der Waals surface area contributed by atoms with Crippen LogP contribution < -0.4 is 10.6 Å². The lowest BCUT2D eigenvalue weighted by Gasteiger charge is -2.29. The predicted molar refractivity (Wildman–Crippen MR) is 67.5 cm³/mol. The van der Waals surface area contributed by atoms with Crippen molar-refractivity contribution in [3.8, 4) is 0 Å². The van der Waals surface area contributed by atoms with E-state index in [1.807, 2.05) is 0 Å². The van der Waals surface area contributed by atoms with Gasteiger partial charge in [-0.1, -0.05) is 11.6 Å². The van der Waals surface area contributed by atoms with Crippen LogP contribution in [0.2, 0.25) is 5.15 Å². The Kier molecular flexibility index (Phi) is 3.12. The number of anilines is 2. The number of rotatable bonds is 1. The molecular formula is C10H9ClF3N7. The van der Waals surface area contributed by atoms with Crippen LogP contribution in [-0.2, 0) is 19.3 Å². The molecule has 3 rings (SSSR count). The molecule has 0 bridgehead atoms. The molecule has 3 heterocycles. The fourth-order valence-electron chi connectivity index (χ4n) is 2.17. The first-order valence-corrected chi connectivity index (χ1v) is 6.26. The van der Waals surface area contributed by atoms with Crippen LogP contribution in [0.5, 0.6) is 0 Å². The predicted octanol–water partition coefficient (Wildman–Crippen LogP) is 1.34. The van der Waals surface area contributed by atoms with Crippen molar-refractivity contribution in [2.75, 3.05) is 17.2 Å². The van der Waals surface area contributed by atoms with E-state index in [0.29, 0.717) is 5.82 Å². The van der Waals surface area contributed by atoms with Gasteiger partial charge in [0, 0.05) is 13.1 Å². The first-order chi connectivity index (χ1) is 9.88. The smallest absolute Gasteiger partial charge is 0.393 e. The summed E-state index contributed by atoms with van der Waals surface area (Å²) in [5, 5.41) is 6.89. The zero-order chi connectivity index (χ0) is 15.2. The van der Waals surface area contributed by atoms with Crippen molar-refractivity contribution in [3.05, 3.63) is 23.1 Å². The highest BCUT2D eigenvalue weighted by atomic mass is 35.5. The van der Waals surface area contributed by atoms with Crippen LogP contribution in [0.15, 0.2) is 6.33 Å². The van der Waals surface area contributed by atoms with Gasteiger partial charge >= 0.3 is 6.18 Å². The summed E-state index contributed by atoms with van der Waals surface area (Å²) in [4.78, 5) is 9.44. The average Bonchev–Trinajstić information content (AvgIpc) is 2.84. The number of hydrogen-bond acceptors (Lipinski definition) is 6. The SMILES string of the molecule is Nc1c(Cl)ncnc1N1CCn2c(nnc2C(F)(F)F)C1. The molecule has 0 saturated heterocycles. The maximum absolute atomic E-state index is 12.8. The number of nitrogens with two attached hydrogens (primary N) is 1. The zero-order valence-electron chi connectivity index (χ0n) is 10.5. The molecule has 2 N–H and O–H groups in total. The average molecular weight is 320 g/mol. The third-order valence-electron chi connectivity index (χ3n) is 3.12. The van der Waals surface area contributed by atoms with Crippen molar-refractivity contribution in [2.24, 2.45) is 0 Å². The minimum absolute atomic E-state index is 0.0816. The molecule has 0 aliphatic carbocycles. The van der Waals surface area contributed by atoms with Crippen LogP contribution in [-0.4, -0.2) is 31.3 Å². The van der Waals surface area contributed by atoms with Gasteiger partial charge in [0.1, 0.15) is 12.0 Å². The fourth-order valence-corrected chi connectivity index (χ4v) is 2.29. The molecule has 0 fully saturated rings. The highest BCUT2D eigenvalue weighted by Crippen LogP contribution is 2.32. The van der Waals surface area contributed by atoms with E-state index in [-0.39, 0.29) is 36.3 Å². The molecule has 7 nitrogen and oxygen atoms in total. The fraction of sp³-hybridized carbons (Fsp3) is 0.400. The van der Waals surface area contributed by atoms with E-state index in [4.69, 9.17) is 17.3 Å². The van der Waals surface area contributed by atoms with Crippen LogP contribution in [0.25, 0.3) is 0 Å². The minimum atomic E-state index is -4.52. The summed E-state index contributed by atoms with van der Waals surface area (Å²) in [5.74, 6) is -0.425. The van der Waals surface area contributed by atoms with Gasteiger partial charge in [-0.2, -0.15) is 13.2 Å². The van der Waals surface area contributed by atoms with E-state index in [0.717, 1.165) is 4.57 Å². The molecule has 21 heavy (non-hydrogen) atoms. The van der Waals surface area contributed by atoms with E-state index in [1.165, 1.54) is 6.33 Å². The van der Waals surface area contributed by atoms with Crippen molar-refractivity contribution >= 4 is 23.1 Å². The highest BCUT2D eigenvalue weighted by Gasteiger charge is 2.39. The molecule has 1 aliphatic heterocycles. The number of halogens is 4. The van der Waals surface area contributed by atoms with Gasteiger partial charge in [0.05, 0.1) is 6.54 Å². The topological polar surface area (TPSA) is 85.8 Å². The third kappa shape index (κ3) is 2.35. The van der Waals surface area contributed by atoms with Crippen LogP contribution in [0, 0.1) is 0 Å². The van der Waals surface area contributed by atoms with Gasteiger partial charge in [0.2, 0.25) is 5.82 Å². The van der Waals surface area contributed by atoms with Crippen LogP contribution in [0.4, 0.5) is 24.7 Å². The van der Waals surface area contributed by atoms with E-state index in [9.17, 15) is 13.2 Å². The Morgan fingerprint density at radius 3 is 2.67 bits per heavy atom. The van der Waals surface area contributed by atoms with Gasteiger partial charge in [0.15, 0.2) is 16.8 Å². The summed E-state index contributed by atoms with van der Waals surface area (Å²) in [6, 6.07) is 0. The van der Waals surface area contributed by atoms with Crippen LogP contribution >= 0.6 is 11.6 Å². The van der Waals surface area contributed by atoms with Crippen molar-refractivity contribution in [1.29, 1.82) is 0 Å². The van der Waals surface area contributed by atoms with Gasteiger partial charge < -0.3 is 15.2 Å². The Morgan fingerprint density at radius 2 is 1.95 bits per heavy atom. The first kappa shape index (κ1) is 13.9. The third-order valence-corrected chi connectivity index (χ3v) is 3.42. The Morgan fingerprint density at radius 1 is 1.19 bits per heavy atom. The summed E-state index contributed by atoms with van der Waals surface area (Å²) in [6.07, 6.45) is -3.28. The van der Waals surface area contributed by atoms with Gasteiger partial charge in [-0.05, 0) is 0 Å². The van der Waals surface area contributed by atoms with Crippen molar-refractivity contribution in [2.45, 2.75) is 19.3 Å². The maximum atomic E-state index is 12.8. The molecule has 0 spiro atoms. The number of nitrogens with zero attached hydrogens (tertiary/aromatic N) is 6. The Balaban J connectivity index is 1.92. The van der Waals surface area contributed by atoms with Crippen LogP contribution in [0.3, 0.4) is 0 Å². The normalized spacial score (nSPS) is 15.1. The number of aromatic nitrogens is 5. The van der Waals surface area contributed by atoms with Crippen molar-refractivity contribution in [3.63, 3.8) is 0 Å². The number of fused-ring (bicyclic) bond motifs is 1. The monoisotopic (exact) mass is 319 g/mol. The molecule has 2 aromatic rings. The molecule has 0 radical (unpaired) electrons. The molecule has 0 aromatic carbocycles. The van der Waals surface area contributed by atoms with E-state index >= 15 is 0 Å². The molecule has 0 atom stereocenters. The molecule has 0 saturated carbocycles. The minimum Gasteiger partial charge on any atom is -0.393 e. The number of alkyl halides is 3. The Hall–Kier alpha value is -2.10. The summed E-state index contributed by atoms with van der Waals surface area (Å²) in [7, 11) is 0. The summed E-state index contributed by atoms with van der Waals surface area (Å²) >= 11 is 5.81. The highest BCUT2D eigenvalue weighted by molar-refractivity contribution is 6.32. The quantitative estimate of drug-likeness (QED) is 0.798. The molecule has 1 aliphatic rings. The Labute approximate surface area is 121 Å². The van der Waals surface area contributed by atoms with Gasteiger partial charge in [-0.3, -0.25) is 0 Å². The number of hydrogen-bond donors (Lipinski definition) is 1. The first-order valence-electron chi connectivity index (χ1n) is 5.88. The number of nitrogen functional groups attached to an aromatic ring is 1. The zero-order valence-corrected chi connectivity index (χ0v) is 11.2. The largest absolute Gasteiger partial charge is 0.451 e. The van der Waals surface area contributed by atoms with Crippen LogP contribution in [0.1, 0.15) is 11.6 Å². The summed E-state index contributed by atoms with van der Waals surface area (Å²) in [6.45, 7) is 0.477. The Bertz CT molecular complexity index is 684. The molecule has 11 heteroatoms. The maximum Gasteiger partial charge on any atom is 0.451 e. The van der Waals surface area contributed by atoms with E-state index < -0.39 is 12.0 Å². The van der Waals surface area contributed by atoms with Gasteiger partial charge in [-0.25, -0.2) is 9.97 Å². The molecule has 2 aromatic heterocycles. The molecular weight excluding hydrogens is 311 g/mol. The second kappa shape index (κ2) is 4.72. The standard InChI is InChI=1S/C10H9ClF3N7/c11-7-6(15)8(17-4-16-7)20-1-2-21-5(3-20)18-19-9(21)10(12,13)14/h4H,1-3,15H2. The van der Waals surface area contributed by atoms with Gasteiger partial charge in [-0.15, -0.1) is 10.2 Å². The molecule has 112 valence electrons. The molecule has 0 amide bonds. The van der Waals surface area contributed by atoms with E-state index in [1.54, 1.807) is 4.90 Å². The van der Waals surface area contributed by atoms with Crippen molar-refractivity contribution in [1.82, 2.24) is 24.7 Å². The lowest BCUT2D eigenvalue weighted by atomic mass is 10.3. The summed E-state index contributed by atoms with van der Waals surface area (Å²) in [5.41, 5.74) is 5.97. The lowest BCUT2D eigenvalue weighted by Crippen LogP contribution is -2.36. The second-order valence-corrected chi connectivity index (χ2v) is 4.77. The molecule has 0 unspecified atom stereocenters. The van der Waals surface area contributed by atoms with Crippen molar-refractivity contribution < 1.29 is 13.2 Å². The van der Waals surface area contributed by atoms with E-state index in [2.05, 4.69) is 20.2 Å². The summed E-state index contributed by atoms with van der Waals surface area (Å²) < 4.78 is 39.3. The second-order valence-electron chi connectivity index (χ2n) is 4.41. The lowest BCUT2D eigenvalue weighted by molar-refractivity contribution is -0.147.